The Balaban J connectivity index is 1.19. The fourth-order valence-corrected chi connectivity index (χ4v) is 5.51. The summed E-state index contributed by atoms with van der Waals surface area (Å²) in [5.41, 5.74) is 11.3. The first-order chi connectivity index (χ1) is 18.2. The maximum atomic E-state index is 5.99. The fourth-order valence-electron chi connectivity index (χ4n) is 5.01. The predicted molar refractivity (Wildman–Crippen MR) is 163 cm³/mol. The number of para-hydroxylation sites is 1. The molecule has 7 rings (SSSR count). The van der Waals surface area contributed by atoms with Gasteiger partial charge in [0.1, 0.15) is 11.2 Å². The number of hydrogen-bond acceptors (Lipinski definition) is 2. The number of nitrogens with zero attached hydrogens (tertiary/aromatic N) is 1. The summed E-state index contributed by atoms with van der Waals surface area (Å²) in [6.07, 6.45) is 1.98. The Morgan fingerprint density at radius 1 is 0.541 bits per heavy atom. The zero-order chi connectivity index (χ0) is 24.8. The molecule has 0 unspecified atom stereocenters. The van der Waals surface area contributed by atoms with E-state index in [9.17, 15) is 0 Å². The highest BCUT2D eigenvalue weighted by Crippen LogP contribution is 2.33. The maximum Gasteiger partial charge on any atom is 0.135 e. The van der Waals surface area contributed by atoms with Gasteiger partial charge in [-0.1, -0.05) is 108 Å². The van der Waals surface area contributed by atoms with E-state index in [1.54, 1.807) is 0 Å². The smallest absolute Gasteiger partial charge is 0.135 e. The van der Waals surface area contributed by atoms with Gasteiger partial charge in [-0.3, -0.25) is 4.98 Å². The molecule has 0 aliphatic carbocycles. The molecule has 0 radical (unpaired) electrons. The lowest BCUT2D eigenvalue weighted by Gasteiger charge is -2.08. The zero-order valence-electron chi connectivity index (χ0n) is 20.0. The van der Waals surface area contributed by atoms with Crippen molar-refractivity contribution in [1.29, 1.82) is 0 Å². The second kappa shape index (κ2) is 9.16. The second-order valence-electron chi connectivity index (χ2n) is 9.35. The molecule has 3 heteroatoms. The number of alkyl halides is 1. The van der Waals surface area contributed by atoms with Crippen LogP contribution in [0.25, 0.3) is 66.2 Å². The molecular weight excluding hydrogens is 565 g/mol. The molecule has 0 fully saturated rings. The van der Waals surface area contributed by atoms with Crippen molar-refractivity contribution in [2.24, 2.45) is 0 Å². The van der Waals surface area contributed by atoms with E-state index in [0.717, 1.165) is 48.4 Å². The Kier molecular flexibility index (Phi) is 5.51. The van der Waals surface area contributed by atoms with E-state index in [2.05, 4.69) is 126 Å². The van der Waals surface area contributed by atoms with Gasteiger partial charge in [-0.2, -0.15) is 0 Å². The summed E-state index contributed by atoms with van der Waals surface area (Å²) in [4.78, 5) is 4.80. The standard InChI is InChI=1S/C34H22INO/c35-20-22-5-7-23(8-6-22)27-13-14-28-17-29(21-36-32(28)19-27)25-11-9-24(10-12-25)26-15-16-34-31(18-26)30-3-1-2-4-33(30)37-34/h1-19,21H,20H2. The van der Waals surface area contributed by atoms with Crippen LogP contribution in [0.4, 0.5) is 0 Å². The quantitative estimate of drug-likeness (QED) is 0.151. The number of halogens is 1. The molecule has 7 aromatic rings. The average Bonchev–Trinajstić information content (AvgIpc) is 3.35. The van der Waals surface area contributed by atoms with Crippen LogP contribution in [0.15, 0.2) is 126 Å². The third-order valence-corrected chi connectivity index (χ3v) is 7.93. The van der Waals surface area contributed by atoms with Crippen LogP contribution in [-0.4, -0.2) is 4.98 Å². The molecule has 0 amide bonds. The number of pyridine rings is 1. The van der Waals surface area contributed by atoms with Crippen LogP contribution in [0.2, 0.25) is 0 Å². The van der Waals surface area contributed by atoms with Gasteiger partial charge >= 0.3 is 0 Å². The van der Waals surface area contributed by atoms with Gasteiger partial charge in [-0.25, -0.2) is 0 Å². The Morgan fingerprint density at radius 3 is 1.95 bits per heavy atom. The molecule has 0 aliphatic rings. The number of aromatic nitrogens is 1. The van der Waals surface area contributed by atoms with Gasteiger partial charge < -0.3 is 4.42 Å². The van der Waals surface area contributed by atoms with Crippen molar-refractivity contribution in [3.05, 3.63) is 127 Å². The van der Waals surface area contributed by atoms with Gasteiger partial charge in [-0.15, -0.1) is 0 Å². The van der Waals surface area contributed by atoms with E-state index < -0.39 is 0 Å². The summed E-state index contributed by atoms with van der Waals surface area (Å²) in [6, 6.07) is 40.9. The number of hydrogen-bond donors (Lipinski definition) is 0. The third kappa shape index (κ3) is 4.09. The van der Waals surface area contributed by atoms with E-state index >= 15 is 0 Å². The molecule has 0 aliphatic heterocycles. The van der Waals surface area contributed by atoms with Crippen LogP contribution in [0, 0.1) is 0 Å². The summed E-state index contributed by atoms with van der Waals surface area (Å²) in [6.45, 7) is 0. The van der Waals surface area contributed by atoms with Gasteiger partial charge in [0.15, 0.2) is 0 Å². The van der Waals surface area contributed by atoms with Crippen LogP contribution in [0.3, 0.4) is 0 Å². The van der Waals surface area contributed by atoms with Crippen molar-refractivity contribution in [1.82, 2.24) is 4.98 Å². The Labute approximate surface area is 228 Å². The van der Waals surface area contributed by atoms with Crippen LogP contribution < -0.4 is 0 Å². The first kappa shape index (κ1) is 22.3. The maximum absolute atomic E-state index is 5.99. The minimum absolute atomic E-state index is 0.921. The van der Waals surface area contributed by atoms with Gasteiger partial charge in [-0.05, 0) is 63.7 Å². The Morgan fingerprint density at radius 2 is 1.16 bits per heavy atom. The van der Waals surface area contributed by atoms with Gasteiger partial charge in [0, 0.05) is 32.3 Å². The lowest BCUT2D eigenvalue weighted by atomic mass is 9.98. The molecule has 0 spiro atoms. The van der Waals surface area contributed by atoms with Crippen LogP contribution >= 0.6 is 22.6 Å². The van der Waals surface area contributed by atoms with Crippen molar-refractivity contribution in [3.63, 3.8) is 0 Å². The van der Waals surface area contributed by atoms with Crippen LogP contribution in [0.1, 0.15) is 5.56 Å². The highest BCUT2D eigenvalue weighted by Gasteiger charge is 2.09. The summed E-state index contributed by atoms with van der Waals surface area (Å²) in [5, 5.41) is 3.45. The van der Waals surface area contributed by atoms with Gasteiger partial charge in [0.2, 0.25) is 0 Å². The van der Waals surface area contributed by atoms with Crippen LogP contribution in [-0.2, 0) is 4.43 Å². The summed E-state index contributed by atoms with van der Waals surface area (Å²) >= 11 is 2.40. The molecule has 2 heterocycles. The van der Waals surface area contributed by atoms with E-state index in [0.29, 0.717) is 0 Å². The first-order valence-corrected chi connectivity index (χ1v) is 13.8. The summed E-state index contributed by atoms with van der Waals surface area (Å²) in [5.74, 6) is 0. The molecule has 5 aromatic carbocycles. The topological polar surface area (TPSA) is 26.0 Å². The molecule has 0 saturated heterocycles. The fraction of sp³-hybridized carbons (Fsp3) is 0.0294. The Hall–Kier alpha value is -3.96. The summed E-state index contributed by atoms with van der Waals surface area (Å²) in [7, 11) is 0. The first-order valence-electron chi connectivity index (χ1n) is 12.3. The predicted octanol–water partition coefficient (Wildman–Crippen LogP) is 10.1. The van der Waals surface area contributed by atoms with Crippen molar-refractivity contribution in [2.45, 2.75) is 4.43 Å². The second-order valence-corrected chi connectivity index (χ2v) is 10.1. The molecule has 2 aromatic heterocycles. The molecule has 2 nitrogen and oxygen atoms in total. The lowest BCUT2D eigenvalue weighted by molar-refractivity contribution is 0.669. The highest BCUT2D eigenvalue weighted by molar-refractivity contribution is 14.1. The van der Waals surface area contributed by atoms with Crippen molar-refractivity contribution in [3.8, 4) is 33.4 Å². The zero-order valence-corrected chi connectivity index (χ0v) is 22.1. The largest absolute Gasteiger partial charge is 0.456 e. The molecule has 0 saturated carbocycles. The Bertz CT molecular complexity index is 1900. The number of fused-ring (bicyclic) bond motifs is 4. The average molecular weight is 587 g/mol. The van der Waals surface area contributed by atoms with Crippen molar-refractivity contribution < 1.29 is 4.42 Å². The molecule has 0 bridgehead atoms. The van der Waals surface area contributed by atoms with Gasteiger partial charge in [0.05, 0.1) is 5.52 Å². The number of furan rings is 1. The van der Waals surface area contributed by atoms with Gasteiger partial charge in [0.25, 0.3) is 0 Å². The number of rotatable bonds is 4. The third-order valence-electron chi connectivity index (χ3n) is 7.05. The van der Waals surface area contributed by atoms with E-state index in [-0.39, 0.29) is 0 Å². The van der Waals surface area contributed by atoms with E-state index in [4.69, 9.17) is 9.40 Å². The SMILES string of the molecule is ICc1ccc(-c2ccc3cc(-c4ccc(-c5ccc6oc7ccccc7c6c5)cc4)cnc3c2)cc1. The summed E-state index contributed by atoms with van der Waals surface area (Å²) < 4.78 is 7.02. The monoisotopic (exact) mass is 587 g/mol. The lowest BCUT2D eigenvalue weighted by Crippen LogP contribution is -1.86. The van der Waals surface area contributed by atoms with Crippen molar-refractivity contribution >= 4 is 55.4 Å². The minimum Gasteiger partial charge on any atom is -0.456 e. The van der Waals surface area contributed by atoms with Crippen LogP contribution in [0.5, 0.6) is 0 Å². The van der Waals surface area contributed by atoms with E-state index in [1.165, 1.54) is 27.8 Å². The minimum atomic E-state index is 0.921. The van der Waals surface area contributed by atoms with Crippen molar-refractivity contribution in [2.75, 3.05) is 0 Å². The molecule has 176 valence electrons. The molecule has 37 heavy (non-hydrogen) atoms. The van der Waals surface area contributed by atoms with E-state index in [1.807, 2.05) is 18.3 Å². The molecular formula is C34H22INO. The molecule has 0 atom stereocenters. The number of benzene rings is 5. The molecule has 0 N–H and O–H groups in total. The highest BCUT2D eigenvalue weighted by atomic mass is 127. The normalized spacial score (nSPS) is 11.5.